The summed E-state index contributed by atoms with van der Waals surface area (Å²) in [5.74, 6) is 0. The van der Waals surface area contributed by atoms with E-state index in [4.69, 9.17) is 4.84 Å². The van der Waals surface area contributed by atoms with Crippen LogP contribution in [0.5, 0.6) is 0 Å². The molecule has 0 saturated carbocycles. The van der Waals surface area contributed by atoms with E-state index in [1.807, 2.05) is 66.7 Å². The fourth-order valence-corrected chi connectivity index (χ4v) is 2.71. The molecule has 4 nitrogen and oxygen atoms in total. The Morgan fingerprint density at radius 3 is 2.35 bits per heavy atom. The first-order chi connectivity index (χ1) is 11.3. The molecule has 0 aliphatic carbocycles. The molecule has 0 unspecified atom stereocenters. The largest absolute Gasteiger partial charge is 0.404 e. The Morgan fingerprint density at radius 2 is 1.52 bits per heavy atom. The maximum Gasteiger partial charge on any atom is 0.292 e. The first-order valence-electron chi connectivity index (χ1n) is 7.40. The second kappa shape index (κ2) is 5.57. The van der Waals surface area contributed by atoms with Crippen molar-refractivity contribution in [2.24, 2.45) is 0 Å². The van der Waals surface area contributed by atoms with E-state index in [2.05, 4.69) is 4.98 Å². The Balaban J connectivity index is 1.90. The van der Waals surface area contributed by atoms with E-state index < -0.39 is 0 Å². The summed E-state index contributed by atoms with van der Waals surface area (Å²) in [5.41, 5.74) is 1.34. The first kappa shape index (κ1) is 13.5. The quantitative estimate of drug-likeness (QED) is 0.546. The SMILES string of the molecule is O=c1c2ccccc2c2cccnc2n1OCc1ccccc1. The van der Waals surface area contributed by atoms with E-state index in [-0.39, 0.29) is 5.56 Å². The molecule has 2 aromatic carbocycles. The molecule has 0 spiro atoms. The molecule has 0 aliphatic heterocycles. The molecule has 2 aromatic heterocycles. The molecule has 0 saturated heterocycles. The molecule has 23 heavy (non-hydrogen) atoms. The molecular weight excluding hydrogens is 288 g/mol. The highest BCUT2D eigenvalue weighted by atomic mass is 16.7. The Labute approximate surface area is 132 Å². The number of aromatic nitrogens is 2. The monoisotopic (exact) mass is 302 g/mol. The van der Waals surface area contributed by atoms with Gasteiger partial charge in [0.25, 0.3) is 5.56 Å². The zero-order chi connectivity index (χ0) is 15.6. The van der Waals surface area contributed by atoms with Crippen LogP contribution >= 0.6 is 0 Å². The van der Waals surface area contributed by atoms with Gasteiger partial charge in [0.2, 0.25) is 0 Å². The molecule has 0 aliphatic rings. The number of hydrogen-bond acceptors (Lipinski definition) is 3. The summed E-state index contributed by atoms with van der Waals surface area (Å²) in [7, 11) is 0. The van der Waals surface area contributed by atoms with Crippen LogP contribution in [0.1, 0.15) is 5.56 Å². The molecule has 0 fully saturated rings. The molecular formula is C19H14N2O2. The molecule has 0 N–H and O–H groups in total. The van der Waals surface area contributed by atoms with E-state index in [0.717, 1.165) is 16.3 Å². The van der Waals surface area contributed by atoms with Crippen molar-refractivity contribution in [1.29, 1.82) is 0 Å². The van der Waals surface area contributed by atoms with Gasteiger partial charge in [-0.05, 0) is 29.1 Å². The van der Waals surface area contributed by atoms with Crippen molar-refractivity contribution in [2.45, 2.75) is 6.61 Å². The lowest BCUT2D eigenvalue weighted by Crippen LogP contribution is -2.27. The van der Waals surface area contributed by atoms with E-state index in [0.29, 0.717) is 17.6 Å². The number of benzene rings is 2. The topological polar surface area (TPSA) is 44.1 Å². The van der Waals surface area contributed by atoms with E-state index in [1.54, 1.807) is 6.20 Å². The molecule has 0 radical (unpaired) electrons. The lowest BCUT2D eigenvalue weighted by atomic mass is 10.1. The van der Waals surface area contributed by atoms with Gasteiger partial charge in [0.15, 0.2) is 5.65 Å². The van der Waals surface area contributed by atoms with E-state index >= 15 is 0 Å². The van der Waals surface area contributed by atoms with E-state index in [9.17, 15) is 4.79 Å². The fourth-order valence-electron chi connectivity index (χ4n) is 2.71. The third-order valence-electron chi connectivity index (χ3n) is 3.81. The molecule has 2 heterocycles. The van der Waals surface area contributed by atoms with Gasteiger partial charge >= 0.3 is 0 Å². The van der Waals surface area contributed by atoms with E-state index in [1.165, 1.54) is 4.73 Å². The normalized spacial score (nSPS) is 11.0. The summed E-state index contributed by atoms with van der Waals surface area (Å²) in [6.45, 7) is 0.310. The van der Waals surface area contributed by atoms with Crippen molar-refractivity contribution in [3.8, 4) is 0 Å². The van der Waals surface area contributed by atoms with Crippen molar-refractivity contribution in [3.63, 3.8) is 0 Å². The summed E-state index contributed by atoms with van der Waals surface area (Å²) in [5, 5.41) is 2.41. The summed E-state index contributed by atoms with van der Waals surface area (Å²) in [6, 6.07) is 21.1. The lowest BCUT2D eigenvalue weighted by Gasteiger charge is -2.13. The predicted molar refractivity (Wildman–Crippen MR) is 90.2 cm³/mol. The molecule has 112 valence electrons. The molecule has 4 aromatic rings. The minimum absolute atomic E-state index is 0.192. The summed E-state index contributed by atoms with van der Waals surface area (Å²) >= 11 is 0. The predicted octanol–water partition coefficient (Wildman–Crippen LogP) is 3.18. The highest BCUT2D eigenvalue weighted by Gasteiger charge is 2.12. The van der Waals surface area contributed by atoms with Crippen molar-refractivity contribution in [3.05, 3.63) is 88.8 Å². The minimum Gasteiger partial charge on any atom is -0.404 e. The molecule has 0 atom stereocenters. The summed E-state index contributed by atoms with van der Waals surface area (Å²) < 4.78 is 1.30. The van der Waals surface area contributed by atoms with Gasteiger partial charge in [-0.15, -0.1) is 4.73 Å². The maximum atomic E-state index is 12.8. The van der Waals surface area contributed by atoms with Gasteiger partial charge in [0, 0.05) is 11.6 Å². The number of pyridine rings is 2. The van der Waals surface area contributed by atoms with Gasteiger partial charge in [-0.1, -0.05) is 48.5 Å². The minimum atomic E-state index is -0.192. The van der Waals surface area contributed by atoms with Gasteiger partial charge < -0.3 is 4.84 Å². The zero-order valence-electron chi connectivity index (χ0n) is 12.3. The molecule has 0 amide bonds. The fraction of sp³-hybridized carbons (Fsp3) is 0.0526. The Bertz CT molecular complexity index is 1040. The average Bonchev–Trinajstić information content (AvgIpc) is 2.63. The Hall–Kier alpha value is -3.14. The smallest absolute Gasteiger partial charge is 0.292 e. The molecule has 4 heteroatoms. The number of fused-ring (bicyclic) bond motifs is 3. The summed E-state index contributed by atoms with van der Waals surface area (Å²) in [6.07, 6.45) is 1.67. The van der Waals surface area contributed by atoms with Crippen LogP contribution in [0.2, 0.25) is 0 Å². The van der Waals surface area contributed by atoms with Crippen LogP contribution in [0.25, 0.3) is 21.8 Å². The van der Waals surface area contributed by atoms with Gasteiger partial charge in [0.05, 0.1) is 5.39 Å². The van der Waals surface area contributed by atoms with Crippen molar-refractivity contribution >= 4 is 21.8 Å². The Kier molecular flexibility index (Phi) is 3.27. The van der Waals surface area contributed by atoms with Crippen LogP contribution in [0, 0.1) is 0 Å². The summed E-state index contributed by atoms with van der Waals surface area (Å²) in [4.78, 5) is 22.9. The second-order valence-electron chi connectivity index (χ2n) is 5.28. The highest BCUT2D eigenvalue weighted by Crippen LogP contribution is 2.20. The standard InChI is InChI=1S/C19H14N2O2/c22-19-17-10-5-4-9-15(17)16-11-6-12-20-18(16)21(19)23-13-14-7-2-1-3-8-14/h1-12H,13H2. The highest BCUT2D eigenvalue weighted by molar-refractivity contribution is 6.04. The average molecular weight is 302 g/mol. The third-order valence-corrected chi connectivity index (χ3v) is 3.81. The second-order valence-corrected chi connectivity index (χ2v) is 5.28. The van der Waals surface area contributed by atoms with Crippen molar-refractivity contribution in [2.75, 3.05) is 0 Å². The van der Waals surface area contributed by atoms with Crippen molar-refractivity contribution < 1.29 is 4.84 Å². The van der Waals surface area contributed by atoms with Crippen LogP contribution < -0.4 is 10.4 Å². The third kappa shape index (κ3) is 2.34. The number of hydrogen-bond donors (Lipinski definition) is 0. The number of rotatable bonds is 3. The van der Waals surface area contributed by atoms with Crippen LogP contribution in [0.3, 0.4) is 0 Å². The van der Waals surface area contributed by atoms with Crippen LogP contribution in [0.4, 0.5) is 0 Å². The zero-order valence-corrected chi connectivity index (χ0v) is 12.3. The first-order valence-corrected chi connectivity index (χ1v) is 7.40. The van der Waals surface area contributed by atoms with Crippen LogP contribution in [0.15, 0.2) is 77.7 Å². The van der Waals surface area contributed by atoms with Gasteiger partial charge in [0.1, 0.15) is 6.61 Å². The Morgan fingerprint density at radius 1 is 0.826 bits per heavy atom. The van der Waals surface area contributed by atoms with Gasteiger partial charge in [-0.2, -0.15) is 0 Å². The maximum absolute atomic E-state index is 12.8. The van der Waals surface area contributed by atoms with Crippen molar-refractivity contribution in [1.82, 2.24) is 9.71 Å². The van der Waals surface area contributed by atoms with Crippen LogP contribution in [-0.4, -0.2) is 9.71 Å². The van der Waals surface area contributed by atoms with Crippen LogP contribution in [-0.2, 0) is 6.61 Å². The number of nitrogens with zero attached hydrogens (tertiary/aromatic N) is 2. The van der Waals surface area contributed by atoms with Gasteiger partial charge in [-0.3, -0.25) is 4.79 Å². The molecule has 0 bridgehead atoms. The van der Waals surface area contributed by atoms with Gasteiger partial charge in [-0.25, -0.2) is 4.98 Å². The molecule has 4 rings (SSSR count). The lowest BCUT2D eigenvalue weighted by molar-refractivity contribution is 0.0990.